The normalized spacial score (nSPS) is 14.9. The van der Waals surface area contributed by atoms with E-state index in [-0.39, 0.29) is 24.0 Å². The van der Waals surface area contributed by atoms with Gasteiger partial charge in [0.25, 0.3) is 5.56 Å². The van der Waals surface area contributed by atoms with Crippen molar-refractivity contribution in [3.8, 4) is 11.5 Å². The lowest BCUT2D eigenvalue weighted by Gasteiger charge is -2.13. The van der Waals surface area contributed by atoms with Crippen LogP contribution in [0.1, 0.15) is 37.2 Å². The SMILES string of the molecule is CCOc1cc2c(cc1CNC(=O)CCc1nc3ccccc3c(=O)[nH]1)OC(C)C2. The molecule has 156 valence electrons. The summed E-state index contributed by atoms with van der Waals surface area (Å²) in [5, 5.41) is 3.47. The van der Waals surface area contributed by atoms with Gasteiger partial charge in [0.1, 0.15) is 23.4 Å². The number of rotatable bonds is 7. The minimum Gasteiger partial charge on any atom is -0.494 e. The van der Waals surface area contributed by atoms with Crippen LogP contribution in [-0.2, 0) is 24.2 Å². The third-order valence-electron chi connectivity index (χ3n) is 5.11. The van der Waals surface area contributed by atoms with Crippen molar-refractivity contribution in [1.82, 2.24) is 15.3 Å². The number of carbonyl (C=O) groups is 1. The van der Waals surface area contributed by atoms with Crippen LogP contribution >= 0.6 is 0 Å². The first kappa shape index (κ1) is 19.9. The van der Waals surface area contributed by atoms with E-state index in [0.29, 0.717) is 36.3 Å². The zero-order valence-electron chi connectivity index (χ0n) is 17.2. The zero-order chi connectivity index (χ0) is 21.1. The number of benzene rings is 2. The van der Waals surface area contributed by atoms with Gasteiger partial charge < -0.3 is 19.8 Å². The Morgan fingerprint density at radius 3 is 3.00 bits per heavy atom. The van der Waals surface area contributed by atoms with Crippen LogP contribution in [0.2, 0.25) is 0 Å². The predicted octanol–water partition coefficient (Wildman–Crippen LogP) is 2.89. The maximum absolute atomic E-state index is 12.4. The molecule has 2 N–H and O–H groups in total. The van der Waals surface area contributed by atoms with E-state index < -0.39 is 0 Å². The zero-order valence-corrected chi connectivity index (χ0v) is 17.2. The summed E-state index contributed by atoms with van der Waals surface area (Å²) in [6, 6.07) is 11.1. The van der Waals surface area contributed by atoms with Gasteiger partial charge in [0, 0.05) is 36.9 Å². The molecule has 1 unspecified atom stereocenters. The highest BCUT2D eigenvalue weighted by molar-refractivity contribution is 5.78. The van der Waals surface area contributed by atoms with Crippen LogP contribution in [0.5, 0.6) is 11.5 Å². The molecule has 0 saturated heterocycles. The molecule has 1 aliphatic rings. The minimum atomic E-state index is -0.190. The lowest BCUT2D eigenvalue weighted by molar-refractivity contribution is -0.121. The Kier molecular flexibility index (Phi) is 5.70. The highest BCUT2D eigenvalue weighted by atomic mass is 16.5. The van der Waals surface area contributed by atoms with Crippen molar-refractivity contribution in [2.24, 2.45) is 0 Å². The van der Waals surface area contributed by atoms with Crippen molar-refractivity contribution in [3.63, 3.8) is 0 Å². The molecule has 7 heteroatoms. The first-order valence-corrected chi connectivity index (χ1v) is 10.2. The Morgan fingerprint density at radius 1 is 1.33 bits per heavy atom. The molecule has 1 aromatic heterocycles. The lowest BCUT2D eigenvalue weighted by atomic mass is 10.1. The molecule has 0 saturated carbocycles. The van der Waals surface area contributed by atoms with Gasteiger partial charge in [-0.3, -0.25) is 9.59 Å². The maximum atomic E-state index is 12.4. The van der Waals surface area contributed by atoms with E-state index in [1.54, 1.807) is 18.2 Å². The smallest absolute Gasteiger partial charge is 0.258 e. The monoisotopic (exact) mass is 407 g/mol. The van der Waals surface area contributed by atoms with Crippen LogP contribution in [-0.4, -0.2) is 28.6 Å². The van der Waals surface area contributed by atoms with Gasteiger partial charge in [0.15, 0.2) is 0 Å². The number of hydrogen-bond acceptors (Lipinski definition) is 5. The van der Waals surface area contributed by atoms with E-state index in [1.165, 1.54) is 0 Å². The molecule has 30 heavy (non-hydrogen) atoms. The number of aromatic nitrogens is 2. The molecule has 2 aromatic carbocycles. The number of aromatic amines is 1. The topological polar surface area (TPSA) is 93.3 Å². The van der Waals surface area contributed by atoms with E-state index >= 15 is 0 Å². The second-order valence-electron chi connectivity index (χ2n) is 7.44. The summed E-state index contributed by atoms with van der Waals surface area (Å²) in [6.07, 6.45) is 1.59. The lowest BCUT2D eigenvalue weighted by Crippen LogP contribution is -2.24. The third kappa shape index (κ3) is 4.30. The van der Waals surface area contributed by atoms with Gasteiger partial charge in [-0.25, -0.2) is 4.98 Å². The maximum Gasteiger partial charge on any atom is 0.258 e. The number of amides is 1. The quantitative estimate of drug-likeness (QED) is 0.628. The number of para-hydroxylation sites is 1. The number of nitrogens with one attached hydrogen (secondary N) is 2. The number of carbonyl (C=O) groups excluding carboxylic acids is 1. The van der Waals surface area contributed by atoms with E-state index in [9.17, 15) is 9.59 Å². The second kappa shape index (κ2) is 8.57. The molecule has 0 radical (unpaired) electrons. The fraction of sp³-hybridized carbons (Fsp3) is 0.348. The Labute approximate surface area is 174 Å². The van der Waals surface area contributed by atoms with Crippen LogP contribution in [0, 0.1) is 0 Å². The number of nitrogens with zero attached hydrogens (tertiary/aromatic N) is 1. The fourth-order valence-corrected chi connectivity index (χ4v) is 3.68. The Balaban J connectivity index is 1.39. The molecule has 0 bridgehead atoms. The van der Waals surface area contributed by atoms with E-state index in [4.69, 9.17) is 9.47 Å². The average Bonchev–Trinajstić information content (AvgIpc) is 3.09. The van der Waals surface area contributed by atoms with E-state index in [1.807, 2.05) is 32.0 Å². The minimum absolute atomic E-state index is 0.122. The van der Waals surface area contributed by atoms with Crippen LogP contribution in [0.4, 0.5) is 0 Å². The molecule has 0 spiro atoms. The standard InChI is InChI=1S/C23H25N3O4/c1-3-29-19-11-15-10-14(2)30-20(15)12-16(19)13-24-22(27)9-8-21-25-18-7-5-4-6-17(18)23(28)26-21/h4-7,11-12,14H,3,8-10,13H2,1-2H3,(H,24,27)(H,25,26,28). The number of fused-ring (bicyclic) bond motifs is 2. The number of aryl methyl sites for hydroxylation is 1. The summed E-state index contributed by atoms with van der Waals surface area (Å²) in [5.74, 6) is 2.01. The Morgan fingerprint density at radius 2 is 2.17 bits per heavy atom. The van der Waals surface area contributed by atoms with Crippen LogP contribution in [0.3, 0.4) is 0 Å². The summed E-state index contributed by atoms with van der Waals surface area (Å²) in [5.41, 5.74) is 2.46. The molecular formula is C23H25N3O4. The Bertz CT molecular complexity index is 1140. The molecule has 4 rings (SSSR count). The van der Waals surface area contributed by atoms with Crippen molar-refractivity contribution >= 4 is 16.8 Å². The van der Waals surface area contributed by atoms with Crippen molar-refractivity contribution in [2.45, 2.75) is 45.8 Å². The first-order chi connectivity index (χ1) is 14.5. The van der Waals surface area contributed by atoms with Gasteiger partial charge in [-0.05, 0) is 38.1 Å². The summed E-state index contributed by atoms with van der Waals surface area (Å²) >= 11 is 0. The highest BCUT2D eigenvalue weighted by Crippen LogP contribution is 2.35. The highest BCUT2D eigenvalue weighted by Gasteiger charge is 2.22. The van der Waals surface area contributed by atoms with Gasteiger partial charge in [0.05, 0.1) is 17.5 Å². The summed E-state index contributed by atoms with van der Waals surface area (Å²) in [7, 11) is 0. The van der Waals surface area contributed by atoms with Gasteiger partial charge in [-0.2, -0.15) is 0 Å². The summed E-state index contributed by atoms with van der Waals surface area (Å²) in [6.45, 7) is 4.87. The molecule has 0 fully saturated rings. The Hall–Kier alpha value is -3.35. The summed E-state index contributed by atoms with van der Waals surface area (Å²) in [4.78, 5) is 31.7. The van der Waals surface area contributed by atoms with Crippen LogP contribution in [0.25, 0.3) is 10.9 Å². The van der Waals surface area contributed by atoms with Gasteiger partial charge >= 0.3 is 0 Å². The predicted molar refractivity (Wildman–Crippen MR) is 114 cm³/mol. The molecule has 2 heterocycles. The van der Waals surface area contributed by atoms with E-state index in [0.717, 1.165) is 29.0 Å². The van der Waals surface area contributed by atoms with E-state index in [2.05, 4.69) is 15.3 Å². The third-order valence-corrected chi connectivity index (χ3v) is 5.11. The molecule has 3 aromatic rings. The molecule has 1 aliphatic heterocycles. The molecule has 1 atom stereocenters. The summed E-state index contributed by atoms with van der Waals surface area (Å²) < 4.78 is 11.6. The largest absolute Gasteiger partial charge is 0.494 e. The average molecular weight is 407 g/mol. The van der Waals surface area contributed by atoms with Gasteiger partial charge in [0.2, 0.25) is 5.91 Å². The van der Waals surface area contributed by atoms with Gasteiger partial charge in [-0.1, -0.05) is 12.1 Å². The number of hydrogen-bond donors (Lipinski definition) is 2. The van der Waals surface area contributed by atoms with Gasteiger partial charge in [-0.15, -0.1) is 0 Å². The second-order valence-corrected chi connectivity index (χ2v) is 7.44. The molecule has 0 aliphatic carbocycles. The number of H-pyrrole nitrogens is 1. The first-order valence-electron chi connectivity index (χ1n) is 10.2. The fourth-order valence-electron chi connectivity index (χ4n) is 3.68. The van der Waals surface area contributed by atoms with Crippen LogP contribution < -0.4 is 20.3 Å². The number of ether oxygens (including phenoxy) is 2. The van der Waals surface area contributed by atoms with Crippen molar-refractivity contribution in [2.75, 3.05) is 6.61 Å². The van der Waals surface area contributed by atoms with Crippen molar-refractivity contribution in [3.05, 3.63) is 63.7 Å². The van der Waals surface area contributed by atoms with Crippen molar-refractivity contribution < 1.29 is 14.3 Å². The van der Waals surface area contributed by atoms with Crippen molar-refractivity contribution in [1.29, 1.82) is 0 Å². The molecule has 1 amide bonds. The van der Waals surface area contributed by atoms with Crippen LogP contribution in [0.15, 0.2) is 41.2 Å². The molecule has 7 nitrogen and oxygen atoms in total. The molecular weight excluding hydrogens is 382 g/mol.